The number of morpholine rings is 2. The van der Waals surface area contributed by atoms with Gasteiger partial charge in [-0.2, -0.15) is 13.7 Å². The average molecular weight is 1890 g/mol. The fraction of sp³-hybridized carbons (Fsp3) is 0.880. The second-order valence-corrected chi connectivity index (χ2v) is 38.4. The van der Waals surface area contributed by atoms with Crippen LogP contribution in [-0.4, -0.2) is 97.1 Å². The smallest absolute Gasteiger partial charge is 0.288 e. The van der Waals surface area contributed by atoms with E-state index in [0.29, 0.717) is 51.8 Å². The van der Waals surface area contributed by atoms with Crippen LogP contribution in [0, 0.1) is 0 Å². The number of likely N-dealkylation sites (tertiary alicyclic amines) is 1. The van der Waals surface area contributed by atoms with Crippen molar-refractivity contribution in [1.82, 2.24) is 14.7 Å². The number of aromatic nitrogens is 3. The van der Waals surface area contributed by atoms with Crippen molar-refractivity contribution < 1.29 is 88.5 Å². The van der Waals surface area contributed by atoms with E-state index >= 15 is 0 Å². The molecule has 6 heterocycles. The van der Waals surface area contributed by atoms with Crippen LogP contribution >= 0.6 is 34.0 Å². The van der Waals surface area contributed by atoms with E-state index in [1.165, 1.54) is 426 Å². The first-order valence-corrected chi connectivity index (χ1v) is 52.7. The maximum Gasteiger partial charge on any atom is 0.288 e. The minimum atomic E-state index is 0. The largest absolute Gasteiger partial charge is 1.00 e. The SMILES string of the molecule is CCCCCCCCCCCCCCCCCCc1sc[n+](CC(=O)N2CCOCC2)c1CCCCCCCCCCCCCCCCCC.CCCCCCCCCCCCc1sc[n+](CC(=O)N2CCCCC2)c1CCCCCCCCCCCC.CCCCCc1sc[n+](CC(=O)N2CC(C)OC(C)C2)c1CCCCC.[Br-].[Br-].[Br-]. The Kier molecular flexibility index (Phi) is 78.2. The lowest BCUT2D eigenvalue weighted by Gasteiger charge is -2.34. The molecule has 0 N–H and O–H groups in total. The molecule has 117 heavy (non-hydrogen) atoms. The lowest BCUT2D eigenvalue weighted by atomic mass is 10.0. The third-order valence-corrected chi connectivity index (χ3v) is 28.1. The van der Waals surface area contributed by atoms with Crippen LogP contribution in [0.25, 0.3) is 0 Å². The van der Waals surface area contributed by atoms with Gasteiger partial charge in [-0.3, -0.25) is 14.4 Å². The normalized spacial score (nSPS) is 14.8. The summed E-state index contributed by atoms with van der Waals surface area (Å²) in [6, 6.07) is 0. The third kappa shape index (κ3) is 57.1. The number of rotatable bonds is 70. The number of hydrogen-bond donors (Lipinski definition) is 0. The fourth-order valence-electron chi connectivity index (χ4n) is 17.5. The Labute approximate surface area is 766 Å². The van der Waals surface area contributed by atoms with Gasteiger partial charge in [-0.25, -0.2) is 0 Å². The number of hydrogen-bond acceptors (Lipinski definition) is 8. The van der Waals surface area contributed by atoms with Crippen molar-refractivity contribution in [1.29, 1.82) is 0 Å². The Morgan fingerprint density at radius 3 is 0.761 bits per heavy atom. The number of ether oxygens (including phenoxy) is 2. The van der Waals surface area contributed by atoms with Gasteiger partial charge in [0.25, 0.3) is 17.7 Å². The van der Waals surface area contributed by atoms with Crippen LogP contribution in [0.1, 0.15) is 479 Å². The molecule has 0 saturated carbocycles. The van der Waals surface area contributed by atoms with Crippen molar-refractivity contribution in [2.24, 2.45) is 0 Å². The highest BCUT2D eigenvalue weighted by Crippen LogP contribution is 2.26. The third-order valence-electron chi connectivity index (χ3n) is 24.8. The van der Waals surface area contributed by atoms with Crippen LogP contribution in [0.3, 0.4) is 0 Å². The predicted molar refractivity (Wildman–Crippen MR) is 492 cm³/mol. The summed E-state index contributed by atoms with van der Waals surface area (Å²) in [7, 11) is 0. The van der Waals surface area contributed by atoms with Gasteiger partial charge in [-0.15, -0.1) is 0 Å². The zero-order valence-electron chi connectivity index (χ0n) is 77.6. The molecule has 0 spiro atoms. The van der Waals surface area contributed by atoms with Gasteiger partial charge < -0.3 is 75.1 Å². The molecular formula is C100H185Br3N6O5S3. The van der Waals surface area contributed by atoms with Crippen molar-refractivity contribution in [3.8, 4) is 0 Å². The summed E-state index contributed by atoms with van der Waals surface area (Å²) >= 11 is 5.67. The summed E-state index contributed by atoms with van der Waals surface area (Å²) in [4.78, 5) is 49.7. The Balaban J connectivity index is 0.000000908. The quantitative estimate of drug-likeness (QED) is 0.0415. The van der Waals surface area contributed by atoms with Gasteiger partial charge in [-0.1, -0.05) is 409 Å². The van der Waals surface area contributed by atoms with Gasteiger partial charge in [0.05, 0.1) is 40.1 Å². The first kappa shape index (κ1) is 114. The molecule has 0 bridgehead atoms. The molecule has 3 aliphatic rings. The first-order chi connectivity index (χ1) is 56.1. The maximum atomic E-state index is 13.1. The summed E-state index contributed by atoms with van der Waals surface area (Å²) in [6.45, 7) is 25.5. The molecule has 3 aliphatic heterocycles. The van der Waals surface area contributed by atoms with Crippen molar-refractivity contribution in [3.05, 3.63) is 48.2 Å². The molecular weight excluding hydrogens is 1700 g/mol. The number of piperidine rings is 1. The van der Waals surface area contributed by atoms with Gasteiger partial charge in [-0.05, 0) is 90.9 Å². The van der Waals surface area contributed by atoms with Crippen LogP contribution in [0.5, 0.6) is 0 Å². The molecule has 3 fully saturated rings. The topological polar surface area (TPSA) is 91.0 Å². The van der Waals surface area contributed by atoms with Gasteiger partial charge in [0.15, 0.2) is 17.1 Å². The molecule has 3 saturated heterocycles. The van der Waals surface area contributed by atoms with E-state index in [9.17, 15) is 14.4 Å². The fourth-order valence-corrected chi connectivity index (χ4v) is 20.7. The molecule has 6 rings (SSSR count). The van der Waals surface area contributed by atoms with Crippen LogP contribution in [0.15, 0.2) is 16.5 Å². The predicted octanol–water partition coefficient (Wildman–Crippen LogP) is 18.6. The van der Waals surface area contributed by atoms with Gasteiger partial charge >= 0.3 is 0 Å². The molecule has 11 nitrogen and oxygen atoms in total. The Morgan fingerprint density at radius 2 is 0.496 bits per heavy atom. The van der Waals surface area contributed by atoms with Crippen LogP contribution in [-0.2, 0) is 82.0 Å². The van der Waals surface area contributed by atoms with Crippen molar-refractivity contribution in [2.45, 2.75) is 517 Å². The lowest BCUT2D eigenvalue weighted by molar-refractivity contribution is -0.688. The molecule has 684 valence electrons. The summed E-state index contributed by atoms with van der Waals surface area (Å²) in [5.74, 6) is 0.826. The number of unbranched alkanes of at least 4 members (excludes halogenated alkanes) is 52. The van der Waals surface area contributed by atoms with Gasteiger partial charge in [0.1, 0.15) is 0 Å². The van der Waals surface area contributed by atoms with Crippen LogP contribution in [0.2, 0.25) is 0 Å². The van der Waals surface area contributed by atoms with E-state index in [2.05, 4.69) is 90.5 Å². The molecule has 0 radical (unpaired) electrons. The number of nitrogens with zero attached hydrogens (tertiary/aromatic N) is 6. The first-order valence-electron chi connectivity index (χ1n) is 50.1. The Morgan fingerprint density at radius 1 is 0.291 bits per heavy atom. The highest BCUT2D eigenvalue weighted by molar-refractivity contribution is 7.10. The maximum absolute atomic E-state index is 13.1. The molecule has 3 aromatic rings. The number of thiazole rings is 3. The van der Waals surface area contributed by atoms with Gasteiger partial charge in [0.2, 0.25) is 36.2 Å². The Bertz CT molecular complexity index is 2710. The summed E-state index contributed by atoms with van der Waals surface area (Å²) in [5, 5.41) is 0. The summed E-state index contributed by atoms with van der Waals surface area (Å²) < 4.78 is 18.1. The minimum absolute atomic E-state index is 0. The number of halogens is 3. The molecule has 0 aromatic carbocycles. The second kappa shape index (κ2) is 80.5. The zero-order valence-corrected chi connectivity index (χ0v) is 84.8. The molecule has 17 heteroatoms. The summed E-state index contributed by atoms with van der Waals surface area (Å²) in [6.07, 6.45) is 91.3. The van der Waals surface area contributed by atoms with Crippen molar-refractivity contribution in [2.75, 3.05) is 52.5 Å². The van der Waals surface area contributed by atoms with E-state index in [0.717, 1.165) is 51.9 Å². The van der Waals surface area contributed by atoms with Crippen molar-refractivity contribution >= 4 is 51.7 Å². The van der Waals surface area contributed by atoms with E-state index in [4.69, 9.17) is 9.47 Å². The summed E-state index contributed by atoms with van der Waals surface area (Å²) in [5.41, 5.74) is 11.0. The lowest BCUT2D eigenvalue weighted by Crippen LogP contribution is -3.00. The number of carbonyl (C=O) groups excluding carboxylic acids is 3. The second-order valence-electron chi connectivity index (χ2n) is 35.5. The van der Waals surface area contributed by atoms with Gasteiger partial charge in [0, 0.05) is 58.5 Å². The molecule has 2 atom stereocenters. The molecule has 3 amide bonds. The van der Waals surface area contributed by atoms with E-state index in [-0.39, 0.29) is 75.0 Å². The average Bonchev–Trinajstić information content (AvgIpc) is 1.72. The number of amides is 3. The van der Waals surface area contributed by atoms with E-state index in [1.807, 2.05) is 43.8 Å². The number of aryl methyl sites for hydroxylation is 3. The highest BCUT2D eigenvalue weighted by Gasteiger charge is 2.31. The van der Waals surface area contributed by atoms with Crippen LogP contribution < -0.4 is 64.6 Å². The minimum Gasteiger partial charge on any atom is -1.00 e. The number of carbonyl (C=O) groups is 3. The Hall–Kier alpha value is -1.34. The molecule has 2 unspecified atom stereocenters. The monoisotopic (exact) mass is 1880 g/mol. The zero-order chi connectivity index (χ0) is 81.6. The highest BCUT2D eigenvalue weighted by atomic mass is 79.9. The molecule has 0 aliphatic carbocycles. The standard InChI is InChI=1S/C45H85N2O2S.C34H63N2OS.C21H37N2O2S.3BrH/c1-3-5-7-9-11-13-15-17-19-21-23-25-27-29-31-33-35-43-44(50-42-47(43)41-45(48)46-37-39-49-40-38-46)36-34-32-30-28-26-24-22-20-18-16-14-12-10-8-6-4-2;1-3-5-7-9-11-13-15-17-19-22-26-32-33(27-23-20-18-16-14-12-10-8-6-4-2)38-31-36(32)30-34(37)35-28-24-21-25-29-35;1-5-7-9-11-19-20(12-10-8-6-2)26-16-23(19)15-21(24)22-13-17(3)25-18(4)14-22;;;/h42H,3-41H2,1-2H3;31H,3-30H2,1-2H3;16-18H,5-15H2,1-4H3;3*1H/q3*+1;;;/p-3. The van der Waals surface area contributed by atoms with E-state index < -0.39 is 0 Å². The van der Waals surface area contributed by atoms with Crippen LogP contribution in [0.4, 0.5) is 0 Å². The molecule has 3 aromatic heterocycles. The van der Waals surface area contributed by atoms with Crippen molar-refractivity contribution in [3.63, 3.8) is 0 Å². The van der Waals surface area contributed by atoms with E-state index in [1.54, 1.807) is 9.75 Å².